The summed E-state index contributed by atoms with van der Waals surface area (Å²) in [7, 11) is 0. The Morgan fingerprint density at radius 2 is 2.08 bits per heavy atom. The van der Waals surface area contributed by atoms with Gasteiger partial charge in [-0.3, -0.25) is 0 Å². The number of hydrogen-bond acceptors (Lipinski definition) is 2. The van der Waals surface area contributed by atoms with Gasteiger partial charge in [-0.05, 0) is 25.8 Å². The molecule has 0 rings (SSSR count). The Balaban J connectivity index is 4.33. The van der Waals surface area contributed by atoms with Crippen molar-refractivity contribution >= 4 is 6.29 Å². The molecule has 0 amide bonds. The largest absolute Gasteiger partial charge is 0.321 e. The van der Waals surface area contributed by atoms with Crippen molar-refractivity contribution in [3.63, 3.8) is 0 Å². The molecule has 0 aliphatic rings. The Morgan fingerprint density at radius 1 is 1.38 bits per heavy atom. The Bertz CT molecular complexity index is 226. The van der Waals surface area contributed by atoms with Crippen molar-refractivity contribution in [2.45, 2.75) is 26.3 Å². The average Bonchev–Trinajstić information content (AvgIpc) is 2.14. The second-order valence-electron chi connectivity index (χ2n) is 2.77. The van der Waals surface area contributed by atoms with Crippen LogP contribution in [0.3, 0.4) is 0 Å². The molecule has 0 aromatic carbocycles. The van der Waals surface area contributed by atoms with Gasteiger partial charge in [-0.15, -0.1) is 0 Å². The zero-order chi connectivity index (χ0) is 10.1. The Hall–Kier alpha value is -1.15. The fourth-order valence-electron chi connectivity index (χ4n) is 0.946. The molecule has 0 fully saturated rings. The summed E-state index contributed by atoms with van der Waals surface area (Å²) in [5.41, 5.74) is 6.58. The molecule has 0 radical (unpaired) electrons. The lowest BCUT2D eigenvalue weighted by Gasteiger charge is -2.03. The second-order valence-corrected chi connectivity index (χ2v) is 2.77. The lowest BCUT2D eigenvalue weighted by atomic mass is 10.1. The minimum absolute atomic E-state index is 0.396. The fraction of sp³-hybridized carbons (Fsp3) is 0.364. The summed E-state index contributed by atoms with van der Waals surface area (Å²) in [4.78, 5) is 10.3. The summed E-state index contributed by atoms with van der Waals surface area (Å²) >= 11 is 0. The number of carbonyl (C=O) groups excluding carboxylic acids is 1. The molecular formula is C11H17NO. The Labute approximate surface area is 79.8 Å². The van der Waals surface area contributed by atoms with Gasteiger partial charge in [0.2, 0.25) is 0 Å². The van der Waals surface area contributed by atoms with E-state index in [4.69, 9.17) is 5.73 Å². The highest BCUT2D eigenvalue weighted by atomic mass is 16.1. The smallest absolute Gasteiger partial charge is 0.137 e. The molecule has 2 heteroatoms. The first-order chi connectivity index (χ1) is 6.24. The average molecular weight is 179 g/mol. The van der Waals surface area contributed by atoms with E-state index in [1.165, 1.54) is 0 Å². The van der Waals surface area contributed by atoms with Crippen molar-refractivity contribution in [3.8, 4) is 0 Å². The van der Waals surface area contributed by atoms with E-state index in [0.717, 1.165) is 11.9 Å². The van der Waals surface area contributed by atoms with Crippen LogP contribution < -0.4 is 5.73 Å². The van der Waals surface area contributed by atoms with E-state index in [9.17, 15) is 4.79 Å². The minimum atomic E-state index is -0.396. The number of nitrogens with two attached hydrogens (primary N) is 1. The third-order valence-corrected chi connectivity index (χ3v) is 1.53. The van der Waals surface area contributed by atoms with Crippen molar-refractivity contribution in [1.29, 1.82) is 0 Å². The maximum atomic E-state index is 10.3. The third kappa shape index (κ3) is 6.05. The van der Waals surface area contributed by atoms with Gasteiger partial charge in [0.15, 0.2) is 0 Å². The van der Waals surface area contributed by atoms with Crippen LogP contribution >= 0.6 is 0 Å². The highest BCUT2D eigenvalue weighted by Crippen LogP contribution is 2.05. The molecule has 0 aromatic heterocycles. The first-order valence-electron chi connectivity index (χ1n) is 4.40. The molecule has 2 nitrogen and oxygen atoms in total. The zero-order valence-electron chi connectivity index (χ0n) is 8.23. The van der Waals surface area contributed by atoms with Gasteiger partial charge in [0.1, 0.15) is 6.29 Å². The summed E-state index contributed by atoms with van der Waals surface area (Å²) < 4.78 is 0. The van der Waals surface area contributed by atoms with Gasteiger partial charge >= 0.3 is 0 Å². The number of allylic oxidation sites excluding steroid dienone is 5. The predicted octanol–water partition coefficient (Wildman–Crippen LogP) is 1.98. The monoisotopic (exact) mass is 179 g/mol. The first kappa shape index (κ1) is 11.8. The van der Waals surface area contributed by atoms with E-state index in [1.54, 1.807) is 0 Å². The third-order valence-electron chi connectivity index (χ3n) is 1.53. The molecule has 1 atom stereocenters. The lowest BCUT2D eigenvalue weighted by molar-refractivity contribution is -0.108. The first-order valence-corrected chi connectivity index (χ1v) is 4.40. The van der Waals surface area contributed by atoms with E-state index in [2.05, 4.69) is 0 Å². The number of aldehydes is 1. The zero-order valence-corrected chi connectivity index (χ0v) is 8.23. The van der Waals surface area contributed by atoms with E-state index >= 15 is 0 Å². The van der Waals surface area contributed by atoms with Gasteiger partial charge in [-0.1, -0.05) is 30.4 Å². The maximum Gasteiger partial charge on any atom is 0.137 e. The van der Waals surface area contributed by atoms with Crippen molar-refractivity contribution in [3.05, 3.63) is 36.0 Å². The normalized spacial score (nSPS) is 15.5. The fourth-order valence-corrected chi connectivity index (χ4v) is 0.946. The summed E-state index contributed by atoms with van der Waals surface area (Å²) in [5.74, 6) is 0. The molecule has 0 saturated carbocycles. The van der Waals surface area contributed by atoms with E-state index in [1.807, 2.05) is 44.2 Å². The van der Waals surface area contributed by atoms with Crippen LogP contribution in [0.25, 0.3) is 0 Å². The van der Waals surface area contributed by atoms with Crippen molar-refractivity contribution in [1.82, 2.24) is 0 Å². The molecule has 0 aliphatic heterocycles. The topological polar surface area (TPSA) is 43.1 Å². The Kier molecular flexibility index (Phi) is 6.83. The quantitative estimate of drug-likeness (QED) is 0.518. The molecule has 0 saturated heterocycles. The van der Waals surface area contributed by atoms with Crippen LogP contribution in [0.15, 0.2) is 36.0 Å². The van der Waals surface area contributed by atoms with Crippen molar-refractivity contribution in [2.75, 3.05) is 0 Å². The van der Waals surface area contributed by atoms with Crippen LogP contribution in [-0.2, 0) is 4.79 Å². The molecule has 0 heterocycles. The van der Waals surface area contributed by atoms with Gasteiger partial charge < -0.3 is 10.5 Å². The molecule has 0 spiro atoms. The molecule has 0 aromatic rings. The van der Waals surface area contributed by atoms with E-state index < -0.39 is 6.04 Å². The number of hydrogen-bond donors (Lipinski definition) is 1. The molecule has 0 aliphatic carbocycles. The van der Waals surface area contributed by atoms with Crippen molar-refractivity contribution in [2.24, 2.45) is 5.73 Å². The van der Waals surface area contributed by atoms with Crippen molar-refractivity contribution < 1.29 is 4.79 Å². The second kappa shape index (κ2) is 7.50. The lowest BCUT2D eigenvalue weighted by Crippen LogP contribution is -2.21. The van der Waals surface area contributed by atoms with Crippen LogP contribution in [0.5, 0.6) is 0 Å². The molecule has 2 N–H and O–H groups in total. The summed E-state index contributed by atoms with van der Waals surface area (Å²) in [6.07, 6.45) is 11.1. The molecule has 0 bridgehead atoms. The van der Waals surface area contributed by atoms with Crippen LogP contribution in [0.4, 0.5) is 0 Å². The molecule has 13 heavy (non-hydrogen) atoms. The molecule has 72 valence electrons. The Morgan fingerprint density at radius 3 is 2.54 bits per heavy atom. The van der Waals surface area contributed by atoms with Gasteiger partial charge in [0.05, 0.1) is 6.04 Å². The molecule has 0 unspecified atom stereocenters. The number of rotatable bonds is 5. The summed E-state index contributed by atoms with van der Waals surface area (Å²) in [6, 6.07) is -0.396. The van der Waals surface area contributed by atoms with Gasteiger partial charge in [0.25, 0.3) is 0 Å². The maximum absolute atomic E-state index is 10.3. The highest BCUT2D eigenvalue weighted by Gasteiger charge is 2.00. The predicted molar refractivity (Wildman–Crippen MR) is 56.4 cm³/mol. The van der Waals surface area contributed by atoms with Gasteiger partial charge in [-0.2, -0.15) is 0 Å². The molecular weight excluding hydrogens is 162 g/mol. The SMILES string of the molecule is C\C=C/C(=C\C=C\C)C[C@H](N)C=O. The standard InChI is InChI=1S/C11H17NO/c1-3-5-7-10(6-4-2)8-11(12)9-13/h3-7,9,11H,8,12H2,1-2H3/b5-3+,6-4-,10-7+/t11-/m0/s1. The number of carbonyl (C=O) groups is 1. The highest BCUT2D eigenvalue weighted by molar-refractivity contribution is 5.58. The summed E-state index contributed by atoms with van der Waals surface area (Å²) in [5, 5.41) is 0. The van der Waals surface area contributed by atoms with E-state index in [-0.39, 0.29) is 0 Å². The van der Waals surface area contributed by atoms with Gasteiger partial charge in [-0.25, -0.2) is 0 Å². The van der Waals surface area contributed by atoms with Crippen LogP contribution in [0, 0.1) is 0 Å². The van der Waals surface area contributed by atoms with Crippen LogP contribution in [0.2, 0.25) is 0 Å². The summed E-state index contributed by atoms with van der Waals surface area (Å²) in [6.45, 7) is 3.89. The van der Waals surface area contributed by atoms with Crippen LogP contribution in [-0.4, -0.2) is 12.3 Å². The van der Waals surface area contributed by atoms with Crippen LogP contribution in [0.1, 0.15) is 20.3 Å². The van der Waals surface area contributed by atoms with Gasteiger partial charge in [0, 0.05) is 0 Å². The minimum Gasteiger partial charge on any atom is -0.321 e. The van der Waals surface area contributed by atoms with E-state index in [0.29, 0.717) is 6.42 Å².